The molecular formula is C25H34N8O5S. The van der Waals surface area contributed by atoms with E-state index < -0.39 is 11.9 Å². The topological polar surface area (TPSA) is 163 Å². The molecule has 4 saturated heterocycles. The molecule has 3 N–H and O–H groups in total. The summed E-state index contributed by atoms with van der Waals surface area (Å²) in [5.74, 6) is -2.14. The van der Waals surface area contributed by atoms with Gasteiger partial charge in [0.1, 0.15) is 18.6 Å². The SMILES string of the molecule is CC(CC(=O)Cn1cnnn1)[C@H]1C(=O)N2C(C(=O)O)=C(S[C@@H]3CN[C@H](C(=O)N4CCC5(CNC5)C4)C3)C(C)[C@H]12. The Kier molecular flexibility index (Phi) is 6.74. The molecule has 39 heavy (non-hydrogen) atoms. The van der Waals surface area contributed by atoms with Gasteiger partial charge in [0.05, 0.1) is 18.0 Å². The molecule has 13 nitrogen and oxygen atoms in total. The largest absolute Gasteiger partial charge is 0.477 e. The molecule has 14 heteroatoms. The van der Waals surface area contributed by atoms with Crippen LogP contribution in [0, 0.1) is 23.2 Å². The fourth-order valence-electron chi connectivity index (χ4n) is 7.02. The Morgan fingerprint density at radius 2 is 2.10 bits per heavy atom. The number of likely N-dealkylation sites (tertiary alicyclic amines) is 1. The molecule has 5 aliphatic rings. The van der Waals surface area contributed by atoms with Crippen LogP contribution in [0.1, 0.15) is 33.1 Å². The number of carboxylic acids is 1. The number of aromatic nitrogens is 4. The van der Waals surface area contributed by atoms with Crippen LogP contribution in [0.3, 0.4) is 0 Å². The van der Waals surface area contributed by atoms with Crippen LogP contribution in [-0.4, -0.2) is 109 Å². The Morgan fingerprint density at radius 3 is 2.74 bits per heavy atom. The van der Waals surface area contributed by atoms with Crippen LogP contribution in [0.2, 0.25) is 0 Å². The number of fused-ring (bicyclic) bond motifs is 1. The third kappa shape index (κ3) is 4.55. The number of hydrogen-bond acceptors (Lipinski definition) is 10. The number of β-lactam (4-membered cyclic amide) rings is 1. The van der Waals surface area contributed by atoms with Crippen LogP contribution < -0.4 is 10.6 Å². The molecule has 6 atom stereocenters. The van der Waals surface area contributed by atoms with Crippen molar-refractivity contribution in [2.75, 3.05) is 32.7 Å². The lowest BCUT2D eigenvalue weighted by Crippen LogP contribution is -2.62. The lowest BCUT2D eigenvalue weighted by molar-refractivity contribution is -0.160. The van der Waals surface area contributed by atoms with E-state index in [4.69, 9.17) is 0 Å². The van der Waals surface area contributed by atoms with Gasteiger partial charge in [0.15, 0.2) is 5.78 Å². The Labute approximate surface area is 230 Å². The molecule has 6 heterocycles. The first kappa shape index (κ1) is 26.4. The third-order valence-corrected chi connectivity index (χ3v) is 10.6. The normalized spacial score (nSPS) is 31.8. The number of carbonyl (C=O) groups excluding carboxylic acids is 3. The molecule has 5 aliphatic heterocycles. The number of ketones is 1. The molecule has 0 saturated carbocycles. The van der Waals surface area contributed by atoms with Crippen LogP contribution in [0.5, 0.6) is 0 Å². The summed E-state index contributed by atoms with van der Waals surface area (Å²) in [5, 5.41) is 27.6. The van der Waals surface area contributed by atoms with E-state index in [2.05, 4.69) is 26.2 Å². The molecule has 6 rings (SSSR count). The summed E-state index contributed by atoms with van der Waals surface area (Å²) in [7, 11) is 0. The van der Waals surface area contributed by atoms with Gasteiger partial charge in [-0.2, -0.15) is 0 Å². The Morgan fingerprint density at radius 1 is 1.31 bits per heavy atom. The maximum Gasteiger partial charge on any atom is 0.353 e. The van der Waals surface area contributed by atoms with Gasteiger partial charge >= 0.3 is 5.97 Å². The average molecular weight is 559 g/mol. The lowest BCUT2D eigenvalue weighted by atomic mass is 9.73. The summed E-state index contributed by atoms with van der Waals surface area (Å²) in [6.07, 6.45) is 3.21. The van der Waals surface area contributed by atoms with Crippen molar-refractivity contribution in [3.05, 3.63) is 16.9 Å². The highest BCUT2D eigenvalue weighted by Crippen LogP contribution is 2.53. The van der Waals surface area contributed by atoms with Gasteiger partial charge in [0.2, 0.25) is 11.8 Å². The van der Waals surface area contributed by atoms with Crippen molar-refractivity contribution in [2.45, 2.75) is 57.0 Å². The zero-order chi connectivity index (χ0) is 27.5. The van der Waals surface area contributed by atoms with Crippen LogP contribution in [-0.2, 0) is 25.7 Å². The maximum absolute atomic E-state index is 13.2. The molecule has 4 fully saturated rings. The summed E-state index contributed by atoms with van der Waals surface area (Å²) in [6.45, 7) is 8.01. The third-order valence-electron chi connectivity index (χ3n) is 9.12. The highest BCUT2D eigenvalue weighted by molar-refractivity contribution is 8.03. The first-order chi connectivity index (χ1) is 18.7. The Hall–Kier alpha value is -2.84. The smallest absolute Gasteiger partial charge is 0.353 e. The van der Waals surface area contributed by atoms with Crippen molar-refractivity contribution in [2.24, 2.45) is 23.2 Å². The summed E-state index contributed by atoms with van der Waals surface area (Å²) in [4.78, 5) is 55.4. The van der Waals surface area contributed by atoms with Crippen molar-refractivity contribution >= 4 is 35.3 Å². The number of carbonyl (C=O) groups is 4. The number of amides is 2. The number of hydrogen-bond donors (Lipinski definition) is 3. The van der Waals surface area contributed by atoms with Crippen molar-refractivity contribution in [3.8, 4) is 0 Å². The van der Waals surface area contributed by atoms with Gasteiger partial charge in [-0.1, -0.05) is 13.8 Å². The van der Waals surface area contributed by atoms with Crippen molar-refractivity contribution < 1.29 is 24.3 Å². The van der Waals surface area contributed by atoms with Gasteiger partial charge in [-0.25, -0.2) is 9.48 Å². The monoisotopic (exact) mass is 558 g/mol. The van der Waals surface area contributed by atoms with E-state index in [1.54, 1.807) is 0 Å². The number of thioether (sulfide) groups is 1. The molecule has 1 spiro atoms. The minimum atomic E-state index is -1.11. The highest BCUT2D eigenvalue weighted by Gasteiger charge is 2.60. The summed E-state index contributed by atoms with van der Waals surface area (Å²) < 4.78 is 1.35. The summed E-state index contributed by atoms with van der Waals surface area (Å²) in [5.41, 5.74) is 0.300. The zero-order valence-corrected chi connectivity index (χ0v) is 22.9. The molecule has 2 unspecified atom stereocenters. The van der Waals surface area contributed by atoms with Crippen LogP contribution in [0.25, 0.3) is 0 Å². The van der Waals surface area contributed by atoms with Gasteiger partial charge in [-0.3, -0.25) is 14.4 Å². The molecule has 1 aromatic rings. The number of carboxylic acid groups (broad SMARTS) is 1. The molecule has 1 aromatic heterocycles. The van der Waals surface area contributed by atoms with E-state index in [0.717, 1.165) is 32.6 Å². The van der Waals surface area contributed by atoms with Gasteiger partial charge in [0, 0.05) is 60.6 Å². The van der Waals surface area contributed by atoms with E-state index in [1.165, 1.54) is 27.7 Å². The number of Topliss-reactive ketones (excluding diaryl/α,β-unsaturated/α-hetero) is 1. The van der Waals surface area contributed by atoms with E-state index in [-0.39, 0.29) is 70.8 Å². The summed E-state index contributed by atoms with van der Waals surface area (Å²) in [6, 6.07) is -0.556. The lowest BCUT2D eigenvalue weighted by Gasteiger charge is -2.47. The highest BCUT2D eigenvalue weighted by atomic mass is 32.2. The van der Waals surface area contributed by atoms with E-state index in [0.29, 0.717) is 17.9 Å². The molecule has 0 aliphatic carbocycles. The first-order valence-electron chi connectivity index (χ1n) is 13.6. The molecule has 0 radical (unpaired) electrons. The first-order valence-corrected chi connectivity index (χ1v) is 14.5. The molecule has 2 amide bonds. The maximum atomic E-state index is 13.2. The predicted octanol–water partition coefficient (Wildman–Crippen LogP) is -0.673. The fourth-order valence-corrected chi connectivity index (χ4v) is 8.50. The number of nitrogens with one attached hydrogen (secondary N) is 2. The minimum Gasteiger partial charge on any atom is -0.477 e. The second kappa shape index (κ2) is 9.97. The second-order valence-corrected chi connectivity index (χ2v) is 13.2. The van der Waals surface area contributed by atoms with Crippen molar-refractivity contribution in [1.29, 1.82) is 0 Å². The van der Waals surface area contributed by atoms with Crippen LogP contribution in [0.4, 0.5) is 0 Å². The minimum absolute atomic E-state index is 0.0335. The van der Waals surface area contributed by atoms with Crippen LogP contribution in [0.15, 0.2) is 16.9 Å². The number of aliphatic carboxylic acids is 1. The Balaban J connectivity index is 1.09. The Bertz CT molecular complexity index is 1220. The van der Waals surface area contributed by atoms with E-state index >= 15 is 0 Å². The predicted molar refractivity (Wildman–Crippen MR) is 139 cm³/mol. The van der Waals surface area contributed by atoms with E-state index in [1.807, 2.05) is 18.7 Å². The van der Waals surface area contributed by atoms with Crippen LogP contribution >= 0.6 is 11.8 Å². The number of rotatable bonds is 9. The molecule has 0 aromatic carbocycles. The van der Waals surface area contributed by atoms with Crippen molar-refractivity contribution in [1.82, 2.24) is 40.6 Å². The van der Waals surface area contributed by atoms with Gasteiger partial charge in [0.25, 0.3) is 0 Å². The summed E-state index contributed by atoms with van der Waals surface area (Å²) >= 11 is 1.49. The number of nitrogens with zero attached hydrogens (tertiary/aromatic N) is 6. The van der Waals surface area contributed by atoms with E-state index in [9.17, 15) is 24.3 Å². The zero-order valence-electron chi connectivity index (χ0n) is 22.1. The second-order valence-electron chi connectivity index (χ2n) is 11.8. The standard InChI is InChI=1S/C25H34N8O5S/c1-13(5-15(34)8-32-12-28-29-30-32)18-19-14(2)21(20(24(37)38)33(19)23(18)36)39-16-6-17(27-7-16)22(35)31-4-3-25(11-31)9-26-10-25/h12-14,16-19,26-27H,3-11H2,1-2H3,(H,37,38)/t13?,14?,16-,17-,18+,19+/m0/s1. The quantitative estimate of drug-likeness (QED) is 0.329. The van der Waals surface area contributed by atoms with Gasteiger partial charge in [-0.05, 0) is 29.2 Å². The van der Waals surface area contributed by atoms with Gasteiger partial charge in [-0.15, -0.1) is 16.9 Å². The average Bonchev–Trinajstić information content (AvgIpc) is 3.65. The fraction of sp³-hybridized carbons (Fsp3) is 0.720. The number of tetrazole rings is 1. The molecular weight excluding hydrogens is 524 g/mol. The molecule has 0 bridgehead atoms. The molecule has 210 valence electrons. The van der Waals surface area contributed by atoms with Crippen molar-refractivity contribution in [3.63, 3.8) is 0 Å². The van der Waals surface area contributed by atoms with Gasteiger partial charge < -0.3 is 25.5 Å².